The van der Waals surface area contributed by atoms with Gasteiger partial charge in [-0.25, -0.2) is 0 Å². The van der Waals surface area contributed by atoms with Crippen LogP contribution >= 0.6 is 0 Å². The van der Waals surface area contributed by atoms with Crippen LogP contribution in [-0.4, -0.2) is 11.9 Å². The summed E-state index contributed by atoms with van der Waals surface area (Å²) in [6, 6.07) is 9.89. The van der Waals surface area contributed by atoms with Crippen LogP contribution in [0, 0.1) is 11.8 Å². The second-order valence-corrected chi connectivity index (χ2v) is 3.36. The number of carbonyl (C=O) groups excluding carboxylic acids is 1. The molecule has 1 aliphatic rings. The summed E-state index contributed by atoms with van der Waals surface area (Å²) in [5, 5.41) is 2.81. The lowest BCUT2D eigenvalue weighted by molar-refractivity contribution is -0.115. The van der Waals surface area contributed by atoms with Crippen molar-refractivity contribution in [3.63, 3.8) is 0 Å². The number of amides is 1. The van der Waals surface area contributed by atoms with Crippen molar-refractivity contribution in [2.45, 2.75) is 18.9 Å². The standard InChI is InChI=1S/C12H11NO/c14-12(13-11-7-8-11)9-6-10-4-2-1-3-5-10/h1-5,11H,7-8H2,(H,13,14). The monoisotopic (exact) mass is 185 g/mol. The molecule has 70 valence electrons. The largest absolute Gasteiger partial charge is 0.343 e. The van der Waals surface area contributed by atoms with E-state index in [0.29, 0.717) is 6.04 Å². The highest BCUT2D eigenvalue weighted by molar-refractivity contribution is 5.94. The number of hydrogen-bond acceptors (Lipinski definition) is 1. The van der Waals surface area contributed by atoms with Crippen LogP contribution in [0.3, 0.4) is 0 Å². The normalized spacial score (nSPS) is 14.0. The number of nitrogens with one attached hydrogen (secondary N) is 1. The second-order valence-electron chi connectivity index (χ2n) is 3.36. The summed E-state index contributed by atoms with van der Waals surface area (Å²) in [4.78, 5) is 11.2. The third-order valence-electron chi connectivity index (χ3n) is 2.01. The maximum atomic E-state index is 11.2. The molecule has 1 aromatic rings. The van der Waals surface area contributed by atoms with Crippen molar-refractivity contribution < 1.29 is 4.79 Å². The van der Waals surface area contributed by atoms with Crippen molar-refractivity contribution in [1.82, 2.24) is 5.32 Å². The molecule has 0 bridgehead atoms. The minimum Gasteiger partial charge on any atom is -0.343 e. The predicted molar refractivity (Wildman–Crippen MR) is 54.5 cm³/mol. The molecule has 0 aromatic heterocycles. The van der Waals surface area contributed by atoms with Gasteiger partial charge in [0, 0.05) is 17.5 Å². The molecular weight excluding hydrogens is 174 g/mol. The van der Waals surface area contributed by atoms with Gasteiger partial charge in [-0.15, -0.1) is 0 Å². The Kier molecular flexibility index (Phi) is 2.51. The zero-order chi connectivity index (χ0) is 9.80. The summed E-state index contributed by atoms with van der Waals surface area (Å²) >= 11 is 0. The van der Waals surface area contributed by atoms with Crippen molar-refractivity contribution in [3.05, 3.63) is 35.9 Å². The quantitative estimate of drug-likeness (QED) is 0.657. The van der Waals surface area contributed by atoms with Gasteiger partial charge >= 0.3 is 0 Å². The van der Waals surface area contributed by atoms with E-state index < -0.39 is 0 Å². The second kappa shape index (κ2) is 3.97. The number of benzene rings is 1. The minimum absolute atomic E-state index is 0.170. The summed E-state index contributed by atoms with van der Waals surface area (Å²) in [5.41, 5.74) is 0.874. The van der Waals surface area contributed by atoms with Gasteiger partial charge < -0.3 is 5.32 Å². The molecule has 0 heterocycles. The molecule has 0 radical (unpaired) electrons. The van der Waals surface area contributed by atoms with E-state index in [9.17, 15) is 4.79 Å². The van der Waals surface area contributed by atoms with Crippen LogP contribution in [0.15, 0.2) is 30.3 Å². The lowest BCUT2D eigenvalue weighted by Gasteiger charge is -1.93. The highest BCUT2D eigenvalue weighted by atomic mass is 16.1. The first-order valence-corrected chi connectivity index (χ1v) is 4.72. The summed E-state index contributed by atoms with van der Waals surface area (Å²) in [6.45, 7) is 0. The molecule has 1 aromatic carbocycles. The molecule has 1 saturated carbocycles. The van der Waals surface area contributed by atoms with E-state index in [2.05, 4.69) is 17.2 Å². The predicted octanol–water partition coefficient (Wildman–Crippen LogP) is 1.32. The van der Waals surface area contributed by atoms with Crippen LogP contribution in [0.4, 0.5) is 0 Å². The summed E-state index contributed by atoms with van der Waals surface area (Å²) < 4.78 is 0. The minimum atomic E-state index is -0.170. The van der Waals surface area contributed by atoms with Gasteiger partial charge in [-0.3, -0.25) is 4.79 Å². The first-order valence-electron chi connectivity index (χ1n) is 4.72. The van der Waals surface area contributed by atoms with E-state index in [-0.39, 0.29) is 5.91 Å². The Morgan fingerprint density at radius 1 is 1.29 bits per heavy atom. The molecule has 1 N–H and O–H groups in total. The van der Waals surface area contributed by atoms with Crippen molar-refractivity contribution >= 4 is 5.91 Å². The first-order chi connectivity index (χ1) is 6.84. The Hall–Kier alpha value is -1.75. The van der Waals surface area contributed by atoms with Gasteiger partial charge in [0.05, 0.1) is 0 Å². The van der Waals surface area contributed by atoms with Crippen LogP contribution < -0.4 is 5.32 Å². The van der Waals surface area contributed by atoms with Gasteiger partial charge in [0.1, 0.15) is 0 Å². The molecule has 0 saturated heterocycles. The third kappa shape index (κ3) is 2.63. The van der Waals surface area contributed by atoms with Crippen LogP contribution in [-0.2, 0) is 4.79 Å². The van der Waals surface area contributed by atoms with Gasteiger partial charge in [-0.05, 0) is 25.0 Å². The number of carbonyl (C=O) groups is 1. The number of hydrogen-bond donors (Lipinski definition) is 1. The Bertz CT molecular complexity index is 382. The Morgan fingerprint density at radius 3 is 2.64 bits per heavy atom. The van der Waals surface area contributed by atoms with E-state index in [1.807, 2.05) is 30.3 Å². The maximum absolute atomic E-state index is 11.2. The summed E-state index contributed by atoms with van der Waals surface area (Å²) in [6.07, 6.45) is 2.19. The molecule has 0 aliphatic heterocycles. The van der Waals surface area contributed by atoms with Gasteiger partial charge in [0.15, 0.2) is 0 Å². The van der Waals surface area contributed by atoms with Gasteiger partial charge in [0.2, 0.25) is 0 Å². The fourth-order valence-electron chi connectivity index (χ4n) is 1.10. The fraction of sp³-hybridized carbons (Fsp3) is 0.250. The molecule has 1 amide bonds. The Balaban J connectivity index is 1.95. The van der Waals surface area contributed by atoms with Crippen LogP contribution in [0.5, 0.6) is 0 Å². The van der Waals surface area contributed by atoms with Crippen molar-refractivity contribution in [3.8, 4) is 11.8 Å². The lowest BCUT2D eigenvalue weighted by atomic mass is 10.2. The van der Waals surface area contributed by atoms with Crippen molar-refractivity contribution in [2.75, 3.05) is 0 Å². The van der Waals surface area contributed by atoms with E-state index >= 15 is 0 Å². The smallest absolute Gasteiger partial charge is 0.296 e. The molecule has 0 unspecified atom stereocenters. The molecule has 2 nitrogen and oxygen atoms in total. The van der Waals surface area contributed by atoms with Gasteiger partial charge in [-0.2, -0.15) is 0 Å². The zero-order valence-electron chi connectivity index (χ0n) is 7.79. The molecule has 14 heavy (non-hydrogen) atoms. The van der Waals surface area contributed by atoms with Crippen LogP contribution in [0.25, 0.3) is 0 Å². The molecule has 0 spiro atoms. The van der Waals surface area contributed by atoms with Gasteiger partial charge in [-0.1, -0.05) is 24.1 Å². The van der Waals surface area contributed by atoms with Crippen molar-refractivity contribution in [2.24, 2.45) is 0 Å². The Morgan fingerprint density at radius 2 is 2.00 bits per heavy atom. The fourth-order valence-corrected chi connectivity index (χ4v) is 1.10. The molecule has 1 fully saturated rings. The molecule has 2 rings (SSSR count). The average Bonchev–Trinajstić information content (AvgIpc) is 3.00. The topological polar surface area (TPSA) is 29.1 Å². The highest BCUT2D eigenvalue weighted by Gasteiger charge is 2.22. The maximum Gasteiger partial charge on any atom is 0.296 e. The third-order valence-corrected chi connectivity index (χ3v) is 2.01. The number of rotatable bonds is 1. The zero-order valence-corrected chi connectivity index (χ0v) is 7.79. The molecule has 0 atom stereocenters. The van der Waals surface area contributed by atoms with E-state index in [1.54, 1.807) is 0 Å². The molecule has 2 heteroatoms. The van der Waals surface area contributed by atoms with E-state index in [0.717, 1.165) is 18.4 Å². The average molecular weight is 185 g/mol. The molecular formula is C12H11NO. The molecule has 1 aliphatic carbocycles. The van der Waals surface area contributed by atoms with E-state index in [4.69, 9.17) is 0 Å². The first kappa shape index (κ1) is 8.83. The summed E-state index contributed by atoms with van der Waals surface area (Å²) in [7, 11) is 0. The van der Waals surface area contributed by atoms with E-state index in [1.165, 1.54) is 0 Å². The van der Waals surface area contributed by atoms with Crippen LogP contribution in [0.1, 0.15) is 18.4 Å². The van der Waals surface area contributed by atoms with Crippen molar-refractivity contribution in [1.29, 1.82) is 0 Å². The van der Waals surface area contributed by atoms with Gasteiger partial charge in [0.25, 0.3) is 5.91 Å². The summed E-state index contributed by atoms with van der Waals surface area (Å²) in [5.74, 6) is 5.22. The lowest BCUT2D eigenvalue weighted by Crippen LogP contribution is -2.23. The Labute approximate surface area is 83.3 Å². The highest BCUT2D eigenvalue weighted by Crippen LogP contribution is 2.18. The SMILES string of the molecule is O=C(C#Cc1ccccc1)NC1CC1. The van der Waals surface area contributed by atoms with Crippen LogP contribution in [0.2, 0.25) is 0 Å².